The summed E-state index contributed by atoms with van der Waals surface area (Å²) in [7, 11) is -2.15. The Labute approximate surface area is 206 Å². The summed E-state index contributed by atoms with van der Waals surface area (Å²) in [6.45, 7) is 1.76. The molecule has 0 saturated carbocycles. The summed E-state index contributed by atoms with van der Waals surface area (Å²) in [5.41, 5.74) is 3.06. The Hall–Kier alpha value is -2.85. The minimum atomic E-state index is -3.68. The quantitative estimate of drug-likeness (QED) is 0.563. The molecule has 2 aliphatic heterocycles. The van der Waals surface area contributed by atoms with Crippen molar-refractivity contribution in [1.82, 2.24) is 19.2 Å². The maximum atomic E-state index is 13.6. The van der Waals surface area contributed by atoms with Gasteiger partial charge in [0, 0.05) is 55.1 Å². The average Bonchev–Trinajstić information content (AvgIpc) is 2.88. The molecule has 2 aromatic carbocycles. The van der Waals surface area contributed by atoms with Gasteiger partial charge >= 0.3 is 0 Å². The Kier molecular flexibility index (Phi) is 6.84. The third-order valence-electron chi connectivity index (χ3n) is 7.20. The molecular weight excluding hydrogens is 464 g/mol. The summed E-state index contributed by atoms with van der Waals surface area (Å²) in [5.74, 6) is 0.563. The number of rotatable bonds is 6. The minimum Gasteiger partial charge on any atom is -0.497 e. The first-order chi connectivity index (χ1) is 17.0. The van der Waals surface area contributed by atoms with Crippen LogP contribution in [0.15, 0.2) is 72.1 Å². The second-order valence-corrected chi connectivity index (χ2v) is 11.0. The number of hydrogen-bond acceptors (Lipinski definition) is 7. The van der Waals surface area contributed by atoms with E-state index < -0.39 is 10.0 Å². The Balaban J connectivity index is 1.42. The molecule has 2 saturated heterocycles. The fourth-order valence-corrected chi connectivity index (χ4v) is 6.92. The summed E-state index contributed by atoms with van der Waals surface area (Å²) in [6, 6.07) is 14.9. The number of benzene rings is 2. The second-order valence-electron chi connectivity index (χ2n) is 9.08. The molecule has 5 rings (SSSR count). The van der Waals surface area contributed by atoms with Crippen molar-refractivity contribution in [2.24, 2.45) is 0 Å². The molecule has 3 aromatic rings. The zero-order valence-electron chi connectivity index (χ0n) is 19.7. The summed E-state index contributed by atoms with van der Waals surface area (Å²) in [4.78, 5) is 10.7. The van der Waals surface area contributed by atoms with Crippen molar-refractivity contribution in [3.8, 4) is 16.9 Å². The molecule has 9 heteroatoms. The lowest BCUT2D eigenvalue weighted by atomic mass is 9.74. The van der Waals surface area contributed by atoms with Gasteiger partial charge in [0.2, 0.25) is 10.0 Å². The van der Waals surface area contributed by atoms with Gasteiger partial charge < -0.3 is 9.84 Å². The standard InChI is InChI=1S/C26H30N4O4S/c1-34-22-5-4-6-23(13-22)35(32,33)29-11-2-3-12-30-24(16-29)26(25(30)17-31)20-9-7-19(8-10-20)21-14-27-18-28-15-21/h4-10,13-15,18,24-26,31H,2-3,11-12,16-17H2,1H3/t24-,25-,26-/m0/s1. The van der Waals surface area contributed by atoms with E-state index in [0.717, 1.165) is 36.1 Å². The van der Waals surface area contributed by atoms with E-state index in [1.807, 2.05) is 12.1 Å². The van der Waals surface area contributed by atoms with E-state index in [1.165, 1.54) is 13.4 Å². The number of aliphatic hydroxyl groups excluding tert-OH is 1. The number of aliphatic hydroxyl groups is 1. The number of nitrogens with zero attached hydrogens (tertiary/aromatic N) is 4. The van der Waals surface area contributed by atoms with Gasteiger partial charge in [-0.2, -0.15) is 4.31 Å². The van der Waals surface area contributed by atoms with Crippen LogP contribution in [0.25, 0.3) is 11.1 Å². The van der Waals surface area contributed by atoms with Gasteiger partial charge in [-0.15, -0.1) is 0 Å². The highest BCUT2D eigenvalue weighted by Gasteiger charge is 2.50. The van der Waals surface area contributed by atoms with Crippen molar-refractivity contribution in [3.63, 3.8) is 0 Å². The van der Waals surface area contributed by atoms with Crippen LogP contribution in [0.1, 0.15) is 24.3 Å². The van der Waals surface area contributed by atoms with Crippen molar-refractivity contribution >= 4 is 10.0 Å². The van der Waals surface area contributed by atoms with E-state index in [2.05, 4.69) is 27.0 Å². The molecule has 0 amide bonds. The maximum absolute atomic E-state index is 13.6. The van der Waals surface area contributed by atoms with Gasteiger partial charge in [0.15, 0.2) is 0 Å². The van der Waals surface area contributed by atoms with E-state index in [0.29, 0.717) is 18.8 Å². The van der Waals surface area contributed by atoms with Crippen molar-refractivity contribution in [2.45, 2.75) is 35.7 Å². The monoisotopic (exact) mass is 494 g/mol. The largest absolute Gasteiger partial charge is 0.497 e. The van der Waals surface area contributed by atoms with Crippen LogP contribution >= 0.6 is 0 Å². The number of ether oxygens (including phenoxy) is 1. The Morgan fingerprint density at radius 1 is 1.03 bits per heavy atom. The smallest absolute Gasteiger partial charge is 0.243 e. The number of sulfonamides is 1. The molecule has 35 heavy (non-hydrogen) atoms. The third kappa shape index (κ3) is 4.56. The molecule has 0 aliphatic carbocycles. The molecule has 3 heterocycles. The highest BCUT2D eigenvalue weighted by atomic mass is 32.2. The lowest BCUT2D eigenvalue weighted by Crippen LogP contribution is -2.67. The molecule has 2 aliphatic rings. The van der Waals surface area contributed by atoms with Crippen molar-refractivity contribution < 1.29 is 18.3 Å². The van der Waals surface area contributed by atoms with Gasteiger partial charge in [0.25, 0.3) is 0 Å². The number of hydrogen-bond donors (Lipinski definition) is 1. The summed E-state index contributed by atoms with van der Waals surface area (Å²) in [6.07, 6.45) is 6.73. The number of aromatic nitrogens is 2. The van der Waals surface area contributed by atoms with Gasteiger partial charge in [-0.3, -0.25) is 4.90 Å². The predicted molar refractivity (Wildman–Crippen MR) is 133 cm³/mol. The van der Waals surface area contributed by atoms with Crippen LogP contribution in [-0.2, 0) is 10.0 Å². The molecule has 0 unspecified atom stereocenters. The van der Waals surface area contributed by atoms with Crippen molar-refractivity contribution in [3.05, 3.63) is 72.8 Å². The molecular formula is C26H30N4O4S. The molecule has 0 spiro atoms. The lowest BCUT2D eigenvalue weighted by molar-refractivity contribution is -0.0553. The second kappa shape index (κ2) is 10.0. The average molecular weight is 495 g/mol. The first kappa shape index (κ1) is 23.9. The minimum absolute atomic E-state index is 0.00117. The normalized spacial score (nSPS) is 23.5. The molecule has 184 valence electrons. The van der Waals surface area contributed by atoms with Crippen molar-refractivity contribution in [1.29, 1.82) is 0 Å². The molecule has 3 atom stereocenters. The van der Waals surface area contributed by atoms with Crippen LogP contribution in [-0.4, -0.2) is 78.1 Å². The third-order valence-corrected chi connectivity index (χ3v) is 9.06. The predicted octanol–water partition coefficient (Wildman–Crippen LogP) is 2.77. The fourth-order valence-electron chi connectivity index (χ4n) is 5.38. The number of methoxy groups -OCH3 is 1. The summed E-state index contributed by atoms with van der Waals surface area (Å²) >= 11 is 0. The van der Waals surface area contributed by atoms with Gasteiger partial charge in [-0.1, -0.05) is 30.3 Å². The highest BCUT2D eigenvalue weighted by molar-refractivity contribution is 7.89. The van der Waals surface area contributed by atoms with Crippen LogP contribution < -0.4 is 4.74 Å². The maximum Gasteiger partial charge on any atom is 0.243 e. The van der Waals surface area contributed by atoms with E-state index >= 15 is 0 Å². The molecule has 0 bridgehead atoms. The van der Waals surface area contributed by atoms with Gasteiger partial charge in [-0.25, -0.2) is 18.4 Å². The van der Waals surface area contributed by atoms with Crippen LogP contribution in [0.2, 0.25) is 0 Å². The van der Waals surface area contributed by atoms with Crippen LogP contribution in [0.4, 0.5) is 0 Å². The molecule has 1 N–H and O–H groups in total. The Morgan fingerprint density at radius 2 is 1.77 bits per heavy atom. The first-order valence-electron chi connectivity index (χ1n) is 11.9. The van der Waals surface area contributed by atoms with E-state index in [1.54, 1.807) is 41.0 Å². The zero-order valence-corrected chi connectivity index (χ0v) is 20.5. The zero-order chi connectivity index (χ0) is 24.4. The van der Waals surface area contributed by atoms with E-state index in [4.69, 9.17) is 4.74 Å². The van der Waals surface area contributed by atoms with E-state index in [-0.39, 0.29) is 29.5 Å². The molecule has 2 fully saturated rings. The molecule has 8 nitrogen and oxygen atoms in total. The van der Waals surface area contributed by atoms with Crippen molar-refractivity contribution in [2.75, 3.05) is 33.4 Å². The van der Waals surface area contributed by atoms with Gasteiger partial charge in [0.05, 0.1) is 18.6 Å². The topological polar surface area (TPSA) is 95.9 Å². The van der Waals surface area contributed by atoms with Crippen LogP contribution in [0.3, 0.4) is 0 Å². The van der Waals surface area contributed by atoms with Gasteiger partial charge in [-0.05, 0) is 42.6 Å². The fraction of sp³-hybridized carbons (Fsp3) is 0.385. The van der Waals surface area contributed by atoms with E-state index in [9.17, 15) is 13.5 Å². The molecule has 1 aromatic heterocycles. The van der Waals surface area contributed by atoms with Crippen LogP contribution in [0, 0.1) is 0 Å². The van der Waals surface area contributed by atoms with Gasteiger partial charge in [0.1, 0.15) is 12.1 Å². The summed E-state index contributed by atoms with van der Waals surface area (Å²) in [5, 5.41) is 10.2. The number of fused-ring (bicyclic) bond motifs is 1. The first-order valence-corrected chi connectivity index (χ1v) is 13.3. The lowest BCUT2D eigenvalue weighted by Gasteiger charge is -2.57. The SMILES string of the molecule is COc1cccc(S(=O)(=O)N2CCCCN3[C@@H](CO)[C@@H](c4ccc(-c5cncnc5)cc4)[C@@H]3C2)c1. The Morgan fingerprint density at radius 3 is 2.49 bits per heavy atom. The van der Waals surface area contributed by atoms with Crippen LogP contribution in [0.5, 0.6) is 5.75 Å². The highest BCUT2D eigenvalue weighted by Crippen LogP contribution is 2.43. The molecule has 0 radical (unpaired) electrons. The summed E-state index contributed by atoms with van der Waals surface area (Å²) < 4.78 is 34.0. The Bertz CT molecular complexity index is 1250.